The Bertz CT molecular complexity index is 1560. The summed E-state index contributed by atoms with van der Waals surface area (Å²) < 4.78 is 44.7. The largest absolute Gasteiger partial charge is 0.382 e. The van der Waals surface area contributed by atoms with Crippen LogP contribution in [0, 0.1) is 5.82 Å². The number of benzene rings is 2. The molecule has 6 N–H and O–H groups in total. The molecule has 0 bridgehead atoms. The minimum Gasteiger partial charge on any atom is -0.382 e. The van der Waals surface area contributed by atoms with Crippen molar-refractivity contribution < 1.29 is 17.3 Å². The van der Waals surface area contributed by atoms with Gasteiger partial charge in [0, 0.05) is 22.8 Å². The van der Waals surface area contributed by atoms with Crippen molar-refractivity contribution in [3.8, 4) is 34.0 Å². The van der Waals surface area contributed by atoms with Crippen LogP contribution in [0.15, 0.2) is 69.1 Å². The molecule has 0 saturated heterocycles. The monoisotopic (exact) mass is 581 g/mol. The number of anilines is 1. The summed E-state index contributed by atoms with van der Waals surface area (Å²) in [5, 5.41) is 3.47. The number of aliphatic imine (C=N–C) groups is 1. The number of nitrogen functional groups attached to an aromatic ring is 1. The lowest BCUT2D eigenvalue weighted by atomic mass is 10.1. The molecule has 0 fully saturated rings. The second-order valence-electron chi connectivity index (χ2n) is 8.23. The van der Waals surface area contributed by atoms with Gasteiger partial charge in [-0.15, -0.1) is 24.8 Å². The fourth-order valence-electron chi connectivity index (χ4n) is 3.34. The van der Waals surface area contributed by atoms with E-state index in [2.05, 4.69) is 20.1 Å². The number of guanidine groups is 1. The molecule has 0 aliphatic rings. The zero-order chi connectivity index (χ0) is 26.0. The summed E-state index contributed by atoms with van der Waals surface area (Å²) in [6, 6.07) is 12.5. The molecule has 0 spiro atoms. The fourth-order valence-corrected chi connectivity index (χ4v) is 4.40. The smallest absolute Gasteiger partial charge is 0.189 e. The molecule has 0 radical (unpaired) electrons. The maximum atomic E-state index is 14.5. The number of nitrogens with zero attached hydrogens (tertiary/aromatic N) is 4. The summed E-state index contributed by atoms with van der Waals surface area (Å²) in [6.45, 7) is 3.27. The minimum atomic E-state index is -3.39. The molecule has 202 valence electrons. The Morgan fingerprint density at radius 1 is 1.03 bits per heavy atom. The molecule has 2 heterocycles. The molecule has 2 aromatic heterocycles. The molecule has 0 aliphatic heterocycles. The third-order valence-corrected chi connectivity index (χ3v) is 7.59. The first-order valence-electron chi connectivity index (χ1n) is 10.8. The van der Waals surface area contributed by atoms with E-state index >= 15 is 0 Å². The number of hydrogen-bond donors (Lipinski definition) is 3. The lowest BCUT2D eigenvalue weighted by molar-refractivity contribution is 0.433. The molecule has 0 aliphatic carbocycles. The number of sulfone groups is 1. The number of halogens is 3. The van der Waals surface area contributed by atoms with E-state index in [-0.39, 0.29) is 59.5 Å². The van der Waals surface area contributed by atoms with Gasteiger partial charge in [0.2, 0.25) is 0 Å². The first kappa shape index (κ1) is 30.5. The molecule has 0 amide bonds. The van der Waals surface area contributed by atoms with Crippen molar-refractivity contribution in [2.75, 3.05) is 5.73 Å². The maximum absolute atomic E-state index is 14.5. The highest BCUT2D eigenvalue weighted by Gasteiger charge is 2.20. The Kier molecular flexibility index (Phi) is 9.79. The van der Waals surface area contributed by atoms with Crippen LogP contribution in [0.1, 0.15) is 19.4 Å². The predicted octanol–water partition coefficient (Wildman–Crippen LogP) is 3.99. The van der Waals surface area contributed by atoms with E-state index in [0.717, 1.165) is 0 Å². The first-order valence-corrected chi connectivity index (χ1v) is 12.4. The van der Waals surface area contributed by atoms with Crippen molar-refractivity contribution in [3.63, 3.8) is 0 Å². The van der Waals surface area contributed by atoms with Gasteiger partial charge in [0.15, 0.2) is 33.1 Å². The molecule has 14 heteroatoms. The number of rotatable bonds is 7. The lowest BCUT2D eigenvalue weighted by Gasteiger charge is -2.09. The minimum absolute atomic E-state index is 0. The molecule has 4 rings (SSSR count). The number of aromatic nitrogens is 3. The molecule has 0 atom stereocenters. The zero-order valence-corrected chi connectivity index (χ0v) is 22.8. The SMILES string of the molecule is CC(C)S(=O)(=O)c1ccc(-c2cnc(N)c(-c3cc(-c4ccc(CN=C(N)N)c(F)c4)no3)n2)cc1.Cl.Cl. The van der Waals surface area contributed by atoms with Crippen molar-refractivity contribution in [2.24, 2.45) is 16.5 Å². The molecule has 0 unspecified atom stereocenters. The van der Waals surface area contributed by atoms with Crippen LogP contribution in [-0.2, 0) is 16.4 Å². The quantitative estimate of drug-likeness (QED) is 0.215. The van der Waals surface area contributed by atoms with Crippen LogP contribution in [0.25, 0.3) is 34.0 Å². The van der Waals surface area contributed by atoms with Crippen LogP contribution < -0.4 is 17.2 Å². The van der Waals surface area contributed by atoms with Crippen LogP contribution >= 0.6 is 24.8 Å². The molecule has 10 nitrogen and oxygen atoms in total. The molecular weight excluding hydrogens is 556 g/mol. The predicted molar refractivity (Wildman–Crippen MR) is 149 cm³/mol. The van der Waals surface area contributed by atoms with Gasteiger partial charge in [-0.3, -0.25) is 0 Å². The van der Waals surface area contributed by atoms with Crippen LogP contribution in [-0.4, -0.2) is 34.8 Å². The van der Waals surface area contributed by atoms with Crippen molar-refractivity contribution in [1.82, 2.24) is 15.1 Å². The summed E-state index contributed by atoms with van der Waals surface area (Å²) in [6.07, 6.45) is 1.48. The van der Waals surface area contributed by atoms with Gasteiger partial charge >= 0.3 is 0 Å². The van der Waals surface area contributed by atoms with Gasteiger partial charge in [0.1, 0.15) is 11.5 Å². The van der Waals surface area contributed by atoms with Gasteiger partial charge in [-0.25, -0.2) is 27.8 Å². The van der Waals surface area contributed by atoms with E-state index in [9.17, 15) is 12.8 Å². The summed E-state index contributed by atoms with van der Waals surface area (Å²) in [7, 11) is -3.39. The highest BCUT2D eigenvalue weighted by atomic mass is 35.5. The van der Waals surface area contributed by atoms with E-state index in [1.165, 1.54) is 24.4 Å². The number of nitrogens with two attached hydrogens (primary N) is 3. The second kappa shape index (κ2) is 12.2. The van der Waals surface area contributed by atoms with Crippen molar-refractivity contribution >= 4 is 46.4 Å². The van der Waals surface area contributed by atoms with Gasteiger partial charge < -0.3 is 21.7 Å². The second-order valence-corrected chi connectivity index (χ2v) is 10.7. The highest BCUT2D eigenvalue weighted by Crippen LogP contribution is 2.30. The van der Waals surface area contributed by atoms with Gasteiger partial charge in [-0.2, -0.15) is 0 Å². The van der Waals surface area contributed by atoms with E-state index in [1.54, 1.807) is 44.2 Å². The Hall–Kier alpha value is -3.74. The van der Waals surface area contributed by atoms with E-state index < -0.39 is 20.9 Å². The molecule has 0 saturated carbocycles. The maximum Gasteiger partial charge on any atom is 0.189 e. The van der Waals surface area contributed by atoms with Crippen molar-refractivity contribution in [1.29, 1.82) is 0 Å². The van der Waals surface area contributed by atoms with Gasteiger partial charge in [0.25, 0.3) is 0 Å². The topological polar surface area (TPSA) is 176 Å². The molecule has 2 aromatic carbocycles. The highest BCUT2D eigenvalue weighted by molar-refractivity contribution is 7.92. The molecular formula is C24H26Cl2FN7O3S. The van der Waals surface area contributed by atoms with Crippen molar-refractivity contribution in [2.45, 2.75) is 30.5 Å². The molecule has 38 heavy (non-hydrogen) atoms. The summed E-state index contributed by atoms with van der Waals surface area (Å²) in [5.41, 5.74) is 19.1. The average Bonchev–Trinajstić information content (AvgIpc) is 3.33. The molecule has 4 aromatic rings. The van der Waals surface area contributed by atoms with Crippen LogP contribution in [0.4, 0.5) is 10.2 Å². The Labute approximate surface area is 231 Å². The van der Waals surface area contributed by atoms with E-state index in [0.29, 0.717) is 28.1 Å². The Balaban J connectivity index is 0.00000253. The van der Waals surface area contributed by atoms with Gasteiger partial charge in [-0.1, -0.05) is 29.4 Å². The Morgan fingerprint density at radius 3 is 2.29 bits per heavy atom. The van der Waals surface area contributed by atoms with Gasteiger partial charge in [0.05, 0.1) is 28.6 Å². The third-order valence-electron chi connectivity index (χ3n) is 5.42. The fraction of sp³-hybridized carbons (Fsp3) is 0.167. The van der Waals surface area contributed by atoms with Crippen molar-refractivity contribution in [3.05, 3.63) is 66.1 Å². The van der Waals surface area contributed by atoms with Crippen LogP contribution in [0.3, 0.4) is 0 Å². The van der Waals surface area contributed by atoms with E-state index in [1.807, 2.05) is 0 Å². The zero-order valence-electron chi connectivity index (χ0n) is 20.3. The van der Waals surface area contributed by atoms with E-state index in [4.69, 9.17) is 21.7 Å². The lowest BCUT2D eigenvalue weighted by Crippen LogP contribution is -2.22. The third kappa shape index (κ3) is 6.39. The summed E-state index contributed by atoms with van der Waals surface area (Å²) in [4.78, 5) is 12.8. The first-order chi connectivity index (χ1) is 17.1. The Morgan fingerprint density at radius 2 is 1.68 bits per heavy atom. The standard InChI is InChI=1S/C24H24FN7O3S.2ClH/c1-13(2)36(33,34)17-7-5-14(6-8-17)20-12-29-23(26)22(31-20)21-10-19(32-35-21)15-3-4-16(18(25)9-15)11-30-24(27)28;;/h3-10,12-13H,11H2,1-2H3,(H2,26,29)(H4,27,28,30);2*1H. The van der Waals surface area contributed by atoms with Crippen LogP contribution in [0.5, 0.6) is 0 Å². The van der Waals surface area contributed by atoms with Crippen LogP contribution in [0.2, 0.25) is 0 Å². The average molecular weight is 582 g/mol. The summed E-state index contributed by atoms with van der Waals surface area (Å²) >= 11 is 0. The normalized spacial score (nSPS) is 10.9. The summed E-state index contributed by atoms with van der Waals surface area (Å²) in [5.74, 6) is -0.275. The number of hydrogen-bond acceptors (Lipinski definition) is 8. The van der Waals surface area contributed by atoms with Gasteiger partial charge in [-0.05, 0) is 32.0 Å².